The van der Waals surface area contributed by atoms with Crippen LogP contribution in [0.25, 0.3) is 0 Å². The monoisotopic (exact) mass is 112 g/mol. The topological polar surface area (TPSA) is 26.0 Å². The van der Waals surface area contributed by atoms with Crippen LogP contribution in [0.2, 0.25) is 0 Å². The van der Waals surface area contributed by atoms with Crippen LogP contribution in [0.15, 0.2) is 0 Å². The Labute approximate surface area is 51.3 Å². The largest absolute Gasteiger partial charge is 0.327 e. The summed E-state index contributed by atoms with van der Waals surface area (Å²) in [6.07, 6.45) is 5.99. The van der Waals surface area contributed by atoms with Gasteiger partial charge >= 0.3 is 0 Å². The first-order chi connectivity index (χ1) is 3.80. The average molecular weight is 112 g/mol. The van der Waals surface area contributed by atoms with Crippen LogP contribution in [0.5, 0.6) is 0 Å². The average Bonchev–Trinajstić information content (AvgIpc) is 1.77. The molecule has 1 aliphatic rings. The van der Waals surface area contributed by atoms with Gasteiger partial charge in [-0.2, -0.15) is 0 Å². The summed E-state index contributed by atoms with van der Waals surface area (Å²) in [5, 5.41) is 0. The molecule has 2 N–H and O–H groups in total. The minimum absolute atomic E-state index is 0.448. The van der Waals surface area contributed by atoms with Gasteiger partial charge in [-0.25, -0.2) is 0 Å². The summed E-state index contributed by atoms with van der Waals surface area (Å²) < 4.78 is 0. The molecule has 0 saturated heterocycles. The summed E-state index contributed by atoms with van der Waals surface area (Å²) in [5.74, 6) is 0.750. The maximum Gasteiger partial charge on any atom is 0.00672 e. The lowest BCUT2D eigenvalue weighted by Gasteiger charge is -2.24. The van der Waals surface area contributed by atoms with Gasteiger partial charge in [0.05, 0.1) is 0 Å². The quantitative estimate of drug-likeness (QED) is 0.502. The van der Waals surface area contributed by atoms with E-state index in [0.717, 1.165) is 12.3 Å². The molecule has 8 heavy (non-hydrogen) atoms. The molecule has 0 aromatic carbocycles. The molecule has 0 aromatic rings. The van der Waals surface area contributed by atoms with Crippen molar-refractivity contribution in [3.63, 3.8) is 0 Å². The predicted octanol–water partition coefficient (Wildman–Crippen LogP) is 1.34. The molecule has 2 atom stereocenters. The Bertz CT molecular complexity index is 60.8. The molecule has 1 radical (unpaired) electrons. The van der Waals surface area contributed by atoms with Gasteiger partial charge in [0.25, 0.3) is 0 Å². The van der Waals surface area contributed by atoms with Gasteiger partial charge in [-0.3, -0.25) is 0 Å². The van der Waals surface area contributed by atoms with Gasteiger partial charge in [-0.1, -0.05) is 6.92 Å². The van der Waals surface area contributed by atoms with Crippen molar-refractivity contribution in [2.24, 2.45) is 11.7 Å². The molecule has 47 valence electrons. The maximum absolute atomic E-state index is 5.75. The fourth-order valence-corrected chi connectivity index (χ4v) is 1.14. The molecular weight excluding hydrogens is 98.1 g/mol. The number of rotatable bonds is 0. The van der Waals surface area contributed by atoms with Crippen LogP contribution in [0, 0.1) is 12.3 Å². The van der Waals surface area contributed by atoms with Gasteiger partial charge in [0.2, 0.25) is 0 Å². The van der Waals surface area contributed by atoms with Crippen LogP contribution in [-0.2, 0) is 0 Å². The van der Waals surface area contributed by atoms with Gasteiger partial charge in [0, 0.05) is 6.04 Å². The van der Waals surface area contributed by atoms with E-state index >= 15 is 0 Å². The van der Waals surface area contributed by atoms with Crippen molar-refractivity contribution in [3.8, 4) is 0 Å². The summed E-state index contributed by atoms with van der Waals surface area (Å²) in [6, 6.07) is 0.448. The number of hydrogen-bond donors (Lipinski definition) is 1. The van der Waals surface area contributed by atoms with Gasteiger partial charge < -0.3 is 5.73 Å². The molecule has 0 aliphatic heterocycles. The SMILES string of the molecule is CC1CC[CH]CC1N. The van der Waals surface area contributed by atoms with Crippen molar-refractivity contribution in [1.82, 2.24) is 0 Å². The van der Waals surface area contributed by atoms with Crippen LogP contribution in [0.3, 0.4) is 0 Å². The number of hydrogen-bond acceptors (Lipinski definition) is 1. The van der Waals surface area contributed by atoms with E-state index in [-0.39, 0.29) is 0 Å². The lowest BCUT2D eigenvalue weighted by Crippen LogP contribution is -2.31. The maximum atomic E-state index is 5.75. The van der Waals surface area contributed by atoms with Crippen LogP contribution >= 0.6 is 0 Å². The normalized spacial score (nSPS) is 39.8. The first-order valence-electron chi connectivity index (χ1n) is 3.38. The van der Waals surface area contributed by atoms with E-state index in [1.165, 1.54) is 12.8 Å². The van der Waals surface area contributed by atoms with E-state index < -0.39 is 0 Å². The molecule has 0 heterocycles. The van der Waals surface area contributed by atoms with Crippen molar-refractivity contribution >= 4 is 0 Å². The molecule has 2 unspecified atom stereocenters. The molecule has 1 aliphatic carbocycles. The lowest BCUT2D eigenvalue weighted by molar-refractivity contribution is 0.377. The Hall–Kier alpha value is -0.0400. The van der Waals surface area contributed by atoms with Gasteiger partial charge in [-0.15, -0.1) is 0 Å². The standard InChI is InChI=1S/C7H14N/c1-6-4-2-3-5-7(6)8/h3,6-7H,2,4-5,8H2,1H3. The molecule has 1 saturated carbocycles. The zero-order valence-corrected chi connectivity index (χ0v) is 5.43. The third-order valence-electron chi connectivity index (χ3n) is 2.00. The van der Waals surface area contributed by atoms with Crippen LogP contribution in [-0.4, -0.2) is 6.04 Å². The Morgan fingerprint density at radius 2 is 2.38 bits per heavy atom. The van der Waals surface area contributed by atoms with Gasteiger partial charge in [0.15, 0.2) is 0 Å². The summed E-state index contributed by atoms with van der Waals surface area (Å²) in [6.45, 7) is 2.23. The molecule has 0 bridgehead atoms. The van der Waals surface area contributed by atoms with E-state index in [2.05, 4.69) is 13.3 Å². The van der Waals surface area contributed by atoms with Crippen LogP contribution in [0.4, 0.5) is 0 Å². The van der Waals surface area contributed by atoms with E-state index in [0.29, 0.717) is 6.04 Å². The molecule has 0 spiro atoms. The van der Waals surface area contributed by atoms with Crippen molar-refractivity contribution in [2.45, 2.75) is 32.2 Å². The lowest BCUT2D eigenvalue weighted by atomic mass is 9.87. The smallest absolute Gasteiger partial charge is 0.00672 e. The van der Waals surface area contributed by atoms with Crippen molar-refractivity contribution < 1.29 is 0 Å². The van der Waals surface area contributed by atoms with Crippen molar-refractivity contribution in [2.75, 3.05) is 0 Å². The second-order valence-electron chi connectivity index (χ2n) is 2.74. The molecule has 1 rings (SSSR count). The fraction of sp³-hybridized carbons (Fsp3) is 0.857. The highest BCUT2D eigenvalue weighted by Gasteiger charge is 2.16. The second kappa shape index (κ2) is 2.49. The molecule has 0 amide bonds. The molecular formula is C7H14N. The van der Waals surface area contributed by atoms with E-state index in [1.807, 2.05) is 0 Å². The Morgan fingerprint density at radius 1 is 1.62 bits per heavy atom. The first-order valence-corrected chi connectivity index (χ1v) is 3.38. The van der Waals surface area contributed by atoms with Crippen LogP contribution < -0.4 is 5.73 Å². The fourth-order valence-electron chi connectivity index (χ4n) is 1.14. The minimum atomic E-state index is 0.448. The summed E-state index contributed by atoms with van der Waals surface area (Å²) in [5.41, 5.74) is 5.75. The third kappa shape index (κ3) is 1.22. The highest BCUT2D eigenvalue weighted by atomic mass is 14.6. The highest BCUT2D eigenvalue weighted by Crippen LogP contribution is 2.20. The second-order valence-corrected chi connectivity index (χ2v) is 2.74. The first kappa shape index (κ1) is 6.09. The summed E-state index contributed by atoms with van der Waals surface area (Å²) in [4.78, 5) is 0. The summed E-state index contributed by atoms with van der Waals surface area (Å²) in [7, 11) is 0. The van der Waals surface area contributed by atoms with E-state index in [9.17, 15) is 0 Å². The minimum Gasteiger partial charge on any atom is -0.327 e. The molecule has 1 heteroatoms. The summed E-state index contributed by atoms with van der Waals surface area (Å²) >= 11 is 0. The molecule has 0 aromatic heterocycles. The zero-order valence-electron chi connectivity index (χ0n) is 5.43. The molecule has 1 fully saturated rings. The van der Waals surface area contributed by atoms with Crippen LogP contribution in [0.1, 0.15) is 26.2 Å². The van der Waals surface area contributed by atoms with E-state index in [4.69, 9.17) is 5.73 Å². The Morgan fingerprint density at radius 3 is 2.75 bits per heavy atom. The van der Waals surface area contributed by atoms with Gasteiger partial charge in [-0.05, 0) is 31.6 Å². The zero-order chi connectivity index (χ0) is 5.98. The molecule has 1 nitrogen and oxygen atoms in total. The van der Waals surface area contributed by atoms with Crippen molar-refractivity contribution in [3.05, 3.63) is 6.42 Å². The van der Waals surface area contributed by atoms with E-state index in [1.54, 1.807) is 0 Å². The number of nitrogens with two attached hydrogens (primary N) is 1. The highest BCUT2D eigenvalue weighted by molar-refractivity contribution is 4.83. The predicted molar refractivity (Wildman–Crippen MR) is 35.3 cm³/mol. The third-order valence-corrected chi connectivity index (χ3v) is 2.00. The Kier molecular flexibility index (Phi) is 1.90. The Balaban J connectivity index is 2.28. The van der Waals surface area contributed by atoms with Crippen molar-refractivity contribution in [1.29, 1.82) is 0 Å². The van der Waals surface area contributed by atoms with Gasteiger partial charge in [0.1, 0.15) is 0 Å².